The lowest BCUT2D eigenvalue weighted by molar-refractivity contribution is 0.264. The molecule has 3 aromatic carbocycles. The van der Waals surface area contributed by atoms with E-state index in [1.165, 1.54) is 12.0 Å². The van der Waals surface area contributed by atoms with Gasteiger partial charge in [0.2, 0.25) is 0 Å². The summed E-state index contributed by atoms with van der Waals surface area (Å²) in [6, 6.07) is 10.2. The van der Waals surface area contributed by atoms with E-state index in [0.29, 0.717) is 29.2 Å². The molecule has 4 rings (SSSR count). The number of phenols is 1. The third kappa shape index (κ3) is 3.53. The van der Waals surface area contributed by atoms with Crippen molar-refractivity contribution in [1.29, 1.82) is 0 Å². The van der Waals surface area contributed by atoms with Gasteiger partial charge in [-0.25, -0.2) is 0 Å². The molecule has 0 amide bonds. The molecule has 154 valence electrons. The molecule has 0 saturated carbocycles. The third-order valence-corrected chi connectivity index (χ3v) is 6.25. The van der Waals surface area contributed by atoms with Crippen LogP contribution >= 0.6 is 11.6 Å². The normalized spacial score (nSPS) is 17.2. The van der Waals surface area contributed by atoms with Gasteiger partial charge in [0.05, 0.1) is 21.3 Å². The number of fused-ring (bicyclic) bond motifs is 3. The van der Waals surface area contributed by atoms with Gasteiger partial charge in [-0.3, -0.25) is 4.90 Å². The molecule has 0 radical (unpaired) electrons. The number of rotatable bonds is 6. The van der Waals surface area contributed by atoms with E-state index in [0.717, 1.165) is 41.1 Å². The maximum Gasteiger partial charge on any atom is 0.161 e. The quantitative estimate of drug-likeness (QED) is 0.457. The van der Waals surface area contributed by atoms with Crippen LogP contribution in [0.15, 0.2) is 30.3 Å². The van der Waals surface area contributed by atoms with Crippen molar-refractivity contribution in [2.24, 2.45) is 0 Å². The lowest BCUT2D eigenvalue weighted by atomic mass is 9.95. The molecule has 0 aliphatic carbocycles. The second kappa shape index (κ2) is 8.17. The van der Waals surface area contributed by atoms with Crippen molar-refractivity contribution in [3.63, 3.8) is 0 Å². The number of halogens is 1. The Morgan fingerprint density at radius 3 is 2.28 bits per heavy atom. The fraction of sp³-hybridized carbons (Fsp3) is 0.391. The van der Waals surface area contributed by atoms with Gasteiger partial charge < -0.3 is 19.3 Å². The van der Waals surface area contributed by atoms with Crippen LogP contribution in [0.2, 0.25) is 0 Å². The molecule has 1 unspecified atom stereocenters. The monoisotopic (exact) mass is 415 g/mol. The standard InChI is InChI=1S/C23H26ClNO4/c1-27-21-8-14-7-15(13-25-6-4-5-16(25)12-24)18-10-22(28-2)23(29-3)11-19(18)17(14)9-20(21)26/h7-11,16,26H,4-6,12-13H2,1-3H3. The van der Waals surface area contributed by atoms with Crippen LogP contribution in [0.1, 0.15) is 18.4 Å². The summed E-state index contributed by atoms with van der Waals surface area (Å²) in [5.74, 6) is 2.57. The molecule has 6 heteroatoms. The minimum absolute atomic E-state index is 0.116. The smallest absolute Gasteiger partial charge is 0.161 e. The summed E-state index contributed by atoms with van der Waals surface area (Å²) in [5.41, 5.74) is 1.19. The van der Waals surface area contributed by atoms with Gasteiger partial charge in [0.1, 0.15) is 0 Å². The Morgan fingerprint density at radius 1 is 0.931 bits per heavy atom. The number of alkyl halides is 1. The summed E-state index contributed by atoms with van der Waals surface area (Å²) in [6.45, 7) is 1.85. The van der Waals surface area contributed by atoms with Gasteiger partial charge in [-0.05, 0) is 76.8 Å². The number of phenolic OH excluding ortho intramolecular Hbond substituents is 1. The third-order valence-electron chi connectivity index (χ3n) is 5.89. The van der Waals surface area contributed by atoms with Crippen LogP contribution in [-0.4, -0.2) is 49.8 Å². The van der Waals surface area contributed by atoms with Crippen molar-refractivity contribution in [2.75, 3.05) is 33.8 Å². The Labute approximate surface area is 175 Å². The van der Waals surface area contributed by atoms with E-state index in [-0.39, 0.29) is 5.75 Å². The van der Waals surface area contributed by atoms with Gasteiger partial charge in [0, 0.05) is 18.5 Å². The molecular weight excluding hydrogens is 390 g/mol. The second-order valence-electron chi connectivity index (χ2n) is 7.45. The molecule has 0 spiro atoms. The molecule has 1 aliphatic rings. The molecule has 0 bridgehead atoms. The number of nitrogens with zero attached hydrogens (tertiary/aromatic N) is 1. The maximum absolute atomic E-state index is 10.4. The van der Waals surface area contributed by atoms with Crippen LogP contribution in [0.25, 0.3) is 21.5 Å². The summed E-state index contributed by atoms with van der Waals surface area (Å²) >= 11 is 6.20. The van der Waals surface area contributed by atoms with E-state index in [4.69, 9.17) is 25.8 Å². The van der Waals surface area contributed by atoms with E-state index >= 15 is 0 Å². The molecule has 1 saturated heterocycles. The number of likely N-dealkylation sites (tertiary alicyclic amines) is 1. The predicted molar refractivity (Wildman–Crippen MR) is 117 cm³/mol. The van der Waals surface area contributed by atoms with E-state index in [9.17, 15) is 5.11 Å². The summed E-state index contributed by atoms with van der Waals surface area (Å²) in [4.78, 5) is 2.45. The number of ether oxygens (including phenoxy) is 3. The van der Waals surface area contributed by atoms with E-state index in [1.807, 2.05) is 18.2 Å². The van der Waals surface area contributed by atoms with Crippen LogP contribution in [0.5, 0.6) is 23.0 Å². The van der Waals surface area contributed by atoms with Gasteiger partial charge in [0.25, 0.3) is 0 Å². The summed E-state index contributed by atoms with van der Waals surface area (Å²) in [6.07, 6.45) is 2.30. The van der Waals surface area contributed by atoms with Crippen molar-refractivity contribution < 1.29 is 19.3 Å². The molecule has 1 N–H and O–H groups in total. The highest BCUT2D eigenvalue weighted by Crippen LogP contribution is 2.41. The molecule has 1 atom stereocenters. The Bertz CT molecular complexity index is 1050. The summed E-state index contributed by atoms with van der Waals surface area (Å²) in [7, 11) is 4.84. The predicted octanol–water partition coefficient (Wildman–Crippen LogP) is 4.93. The Morgan fingerprint density at radius 2 is 1.62 bits per heavy atom. The lowest BCUT2D eigenvalue weighted by Gasteiger charge is -2.24. The van der Waals surface area contributed by atoms with Gasteiger partial charge in [-0.2, -0.15) is 0 Å². The van der Waals surface area contributed by atoms with E-state index in [2.05, 4.69) is 11.0 Å². The highest BCUT2D eigenvalue weighted by molar-refractivity contribution is 6.18. The zero-order valence-corrected chi connectivity index (χ0v) is 17.8. The average molecular weight is 416 g/mol. The first-order valence-corrected chi connectivity index (χ1v) is 10.3. The average Bonchev–Trinajstić information content (AvgIpc) is 3.20. The highest BCUT2D eigenvalue weighted by atomic mass is 35.5. The Hall–Kier alpha value is -2.37. The van der Waals surface area contributed by atoms with Gasteiger partial charge in [-0.1, -0.05) is 0 Å². The summed E-state index contributed by atoms with van der Waals surface area (Å²) < 4.78 is 16.4. The van der Waals surface area contributed by atoms with Crippen molar-refractivity contribution >= 4 is 33.1 Å². The fourth-order valence-corrected chi connectivity index (χ4v) is 4.71. The second-order valence-corrected chi connectivity index (χ2v) is 7.76. The zero-order valence-electron chi connectivity index (χ0n) is 17.0. The van der Waals surface area contributed by atoms with Crippen molar-refractivity contribution in [3.8, 4) is 23.0 Å². The zero-order chi connectivity index (χ0) is 20.5. The first kappa shape index (κ1) is 19.9. The molecule has 29 heavy (non-hydrogen) atoms. The first-order chi connectivity index (χ1) is 14.1. The van der Waals surface area contributed by atoms with Gasteiger partial charge >= 0.3 is 0 Å². The summed E-state index contributed by atoms with van der Waals surface area (Å²) in [5, 5.41) is 14.4. The first-order valence-electron chi connectivity index (χ1n) is 9.78. The van der Waals surface area contributed by atoms with Gasteiger partial charge in [0.15, 0.2) is 23.0 Å². The van der Waals surface area contributed by atoms with E-state index in [1.54, 1.807) is 27.4 Å². The Balaban J connectivity index is 1.97. The minimum atomic E-state index is 0.116. The van der Waals surface area contributed by atoms with E-state index < -0.39 is 0 Å². The van der Waals surface area contributed by atoms with Crippen molar-refractivity contribution in [2.45, 2.75) is 25.4 Å². The highest BCUT2D eigenvalue weighted by Gasteiger charge is 2.25. The molecule has 1 fully saturated rings. The van der Waals surface area contributed by atoms with Crippen LogP contribution in [0.4, 0.5) is 0 Å². The van der Waals surface area contributed by atoms with Crippen LogP contribution in [0.3, 0.4) is 0 Å². The number of hydrogen-bond acceptors (Lipinski definition) is 5. The molecule has 1 aliphatic heterocycles. The minimum Gasteiger partial charge on any atom is -0.504 e. The number of aromatic hydroxyl groups is 1. The molecule has 5 nitrogen and oxygen atoms in total. The van der Waals surface area contributed by atoms with Crippen molar-refractivity contribution in [3.05, 3.63) is 35.9 Å². The molecule has 3 aromatic rings. The topological polar surface area (TPSA) is 51.2 Å². The number of methoxy groups -OCH3 is 3. The SMILES string of the molecule is COc1cc2cc(CN3CCCC3CCl)c3cc(OC)c(OC)cc3c2cc1O. The Kier molecular flexibility index (Phi) is 5.61. The van der Waals surface area contributed by atoms with Crippen LogP contribution in [0, 0.1) is 0 Å². The van der Waals surface area contributed by atoms with Crippen LogP contribution in [-0.2, 0) is 6.54 Å². The van der Waals surface area contributed by atoms with Crippen LogP contribution < -0.4 is 14.2 Å². The molecule has 1 heterocycles. The fourth-order valence-electron chi connectivity index (χ4n) is 4.36. The maximum atomic E-state index is 10.4. The lowest BCUT2D eigenvalue weighted by Crippen LogP contribution is -2.30. The largest absolute Gasteiger partial charge is 0.504 e. The molecular formula is C23H26ClNO4. The number of benzene rings is 3. The molecule has 0 aromatic heterocycles. The number of hydrogen-bond donors (Lipinski definition) is 1. The van der Waals surface area contributed by atoms with Gasteiger partial charge in [-0.15, -0.1) is 11.6 Å². The van der Waals surface area contributed by atoms with Crippen molar-refractivity contribution in [1.82, 2.24) is 4.90 Å².